The van der Waals surface area contributed by atoms with E-state index in [9.17, 15) is 13.2 Å². The van der Waals surface area contributed by atoms with E-state index < -0.39 is 16.0 Å². The highest BCUT2D eigenvalue weighted by atomic mass is 32.2. The lowest BCUT2D eigenvalue weighted by Crippen LogP contribution is -2.38. The van der Waals surface area contributed by atoms with Gasteiger partial charge in [0, 0.05) is 11.7 Å². The van der Waals surface area contributed by atoms with Crippen LogP contribution < -0.4 is 10.5 Å². The van der Waals surface area contributed by atoms with Gasteiger partial charge in [-0.15, -0.1) is 0 Å². The van der Waals surface area contributed by atoms with Gasteiger partial charge in [0.1, 0.15) is 0 Å². The smallest absolute Gasteiger partial charge is 0.306 e. The number of benzene rings is 1. The molecule has 0 atom stereocenters. The van der Waals surface area contributed by atoms with E-state index >= 15 is 0 Å². The number of sulfonamides is 1. The van der Waals surface area contributed by atoms with E-state index in [0.29, 0.717) is 31.4 Å². The molecule has 0 bridgehead atoms. The SMILES string of the molecule is Cc1ccc(S(=O)(=O)NC2CCC(C(=O)O)CC2)cc1N. The molecule has 0 aromatic heterocycles. The molecule has 2 rings (SSSR count). The Morgan fingerprint density at radius 3 is 2.43 bits per heavy atom. The van der Waals surface area contributed by atoms with Crippen LogP contribution in [0.2, 0.25) is 0 Å². The van der Waals surface area contributed by atoms with Crippen molar-refractivity contribution < 1.29 is 18.3 Å². The van der Waals surface area contributed by atoms with E-state index in [1.54, 1.807) is 6.07 Å². The Kier molecular flexibility index (Phi) is 4.53. The highest BCUT2D eigenvalue weighted by Gasteiger charge is 2.28. The first-order valence-corrected chi connectivity index (χ1v) is 8.39. The summed E-state index contributed by atoms with van der Waals surface area (Å²) in [4.78, 5) is 11.0. The van der Waals surface area contributed by atoms with E-state index in [4.69, 9.17) is 10.8 Å². The maximum atomic E-state index is 12.3. The second-order valence-electron chi connectivity index (χ2n) is 5.53. The van der Waals surface area contributed by atoms with Gasteiger partial charge in [0.05, 0.1) is 10.8 Å². The third-order valence-corrected chi connectivity index (χ3v) is 5.48. The summed E-state index contributed by atoms with van der Waals surface area (Å²) in [5.41, 5.74) is 7.01. The van der Waals surface area contributed by atoms with Crippen LogP contribution >= 0.6 is 0 Å². The number of hydrogen-bond acceptors (Lipinski definition) is 4. The first-order chi connectivity index (χ1) is 9.79. The molecule has 1 saturated carbocycles. The molecule has 0 saturated heterocycles. The number of hydrogen-bond donors (Lipinski definition) is 3. The summed E-state index contributed by atoms with van der Waals surface area (Å²) in [6.07, 6.45) is 2.08. The van der Waals surface area contributed by atoms with Crippen molar-refractivity contribution in [3.8, 4) is 0 Å². The van der Waals surface area contributed by atoms with Crippen molar-refractivity contribution in [2.24, 2.45) is 5.92 Å². The number of nitrogens with one attached hydrogen (secondary N) is 1. The Hall–Kier alpha value is -1.60. The number of anilines is 1. The van der Waals surface area contributed by atoms with Gasteiger partial charge in [-0.2, -0.15) is 0 Å². The second kappa shape index (κ2) is 6.03. The maximum absolute atomic E-state index is 12.3. The molecule has 0 aliphatic heterocycles. The number of carbonyl (C=O) groups is 1. The standard InChI is InChI=1S/C14H20N2O4S/c1-9-2-7-12(8-13(9)15)21(19,20)16-11-5-3-10(4-6-11)14(17)18/h2,7-8,10-11,16H,3-6,15H2,1H3,(H,17,18). The van der Waals surface area contributed by atoms with E-state index in [1.165, 1.54) is 12.1 Å². The van der Waals surface area contributed by atoms with Crippen LogP contribution in [0.5, 0.6) is 0 Å². The molecule has 0 spiro atoms. The van der Waals surface area contributed by atoms with Gasteiger partial charge in [0.15, 0.2) is 0 Å². The van der Waals surface area contributed by atoms with Gasteiger partial charge in [-0.3, -0.25) is 4.79 Å². The summed E-state index contributed by atoms with van der Waals surface area (Å²) in [7, 11) is -3.61. The van der Waals surface area contributed by atoms with Crippen molar-refractivity contribution >= 4 is 21.7 Å². The van der Waals surface area contributed by atoms with Crippen LogP contribution in [0.25, 0.3) is 0 Å². The molecular weight excluding hydrogens is 292 g/mol. The molecule has 7 heteroatoms. The zero-order valence-electron chi connectivity index (χ0n) is 11.9. The molecule has 1 fully saturated rings. The minimum Gasteiger partial charge on any atom is -0.481 e. The Labute approximate surface area is 124 Å². The van der Waals surface area contributed by atoms with E-state index in [2.05, 4.69) is 4.72 Å². The average molecular weight is 312 g/mol. The van der Waals surface area contributed by atoms with Crippen molar-refractivity contribution in [3.63, 3.8) is 0 Å². The summed E-state index contributed by atoms with van der Waals surface area (Å²) in [6.45, 7) is 1.81. The molecule has 4 N–H and O–H groups in total. The molecule has 21 heavy (non-hydrogen) atoms. The fourth-order valence-corrected chi connectivity index (χ4v) is 3.87. The fourth-order valence-electron chi connectivity index (χ4n) is 2.53. The van der Waals surface area contributed by atoms with Gasteiger partial charge in [-0.05, 0) is 50.3 Å². The maximum Gasteiger partial charge on any atom is 0.306 e. The van der Waals surface area contributed by atoms with Gasteiger partial charge >= 0.3 is 5.97 Å². The minimum absolute atomic E-state index is 0.144. The number of nitrogens with two attached hydrogens (primary N) is 1. The summed E-state index contributed by atoms with van der Waals surface area (Å²) < 4.78 is 27.2. The van der Waals surface area contributed by atoms with Gasteiger partial charge in [0.2, 0.25) is 10.0 Å². The van der Waals surface area contributed by atoms with Crippen LogP contribution in [-0.4, -0.2) is 25.5 Å². The van der Waals surface area contributed by atoms with E-state index in [1.807, 2.05) is 6.92 Å². The third kappa shape index (κ3) is 3.74. The van der Waals surface area contributed by atoms with Gasteiger partial charge in [-0.25, -0.2) is 13.1 Å². The highest BCUT2D eigenvalue weighted by molar-refractivity contribution is 7.89. The summed E-state index contributed by atoms with van der Waals surface area (Å²) in [5.74, 6) is -1.16. The monoisotopic (exact) mass is 312 g/mol. The number of nitrogen functional groups attached to an aromatic ring is 1. The van der Waals surface area contributed by atoms with E-state index in [-0.39, 0.29) is 16.9 Å². The van der Waals surface area contributed by atoms with Crippen molar-refractivity contribution in [2.75, 3.05) is 5.73 Å². The van der Waals surface area contributed by atoms with Crippen LogP contribution in [0, 0.1) is 12.8 Å². The Bertz CT molecular complexity index is 634. The first kappa shape index (κ1) is 15.8. The van der Waals surface area contributed by atoms with Gasteiger partial charge in [-0.1, -0.05) is 6.07 Å². The number of aryl methyl sites for hydroxylation is 1. The average Bonchev–Trinajstić information content (AvgIpc) is 2.42. The van der Waals surface area contributed by atoms with Crippen molar-refractivity contribution in [1.29, 1.82) is 0 Å². The lowest BCUT2D eigenvalue weighted by atomic mass is 9.87. The van der Waals surface area contributed by atoms with E-state index in [0.717, 1.165) is 5.56 Å². The largest absolute Gasteiger partial charge is 0.481 e. The molecule has 0 unspecified atom stereocenters. The third-order valence-electron chi connectivity index (χ3n) is 3.96. The van der Waals surface area contributed by atoms with Crippen molar-refractivity contribution in [2.45, 2.75) is 43.5 Å². The summed E-state index contributed by atoms with van der Waals surface area (Å²) in [6, 6.07) is 4.43. The van der Waals surface area contributed by atoms with Crippen LogP contribution in [-0.2, 0) is 14.8 Å². The normalized spacial score (nSPS) is 22.9. The van der Waals surface area contributed by atoms with Crippen LogP contribution in [0.1, 0.15) is 31.2 Å². The Morgan fingerprint density at radius 1 is 1.29 bits per heavy atom. The van der Waals surface area contributed by atoms with Crippen LogP contribution in [0.3, 0.4) is 0 Å². The molecule has 0 heterocycles. The lowest BCUT2D eigenvalue weighted by molar-refractivity contribution is -0.142. The molecular formula is C14H20N2O4S. The quantitative estimate of drug-likeness (QED) is 0.730. The number of rotatable bonds is 4. The zero-order valence-corrected chi connectivity index (χ0v) is 12.7. The highest BCUT2D eigenvalue weighted by Crippen LogP contribution is 2.26. The number of carboxylic acids is 1. The summed E-state index contributed by atoms with van der Waals surface area (Å²) >= 11 is 0. The molecule has 6 nitrogen and oxygen atoms in total. The fraction of sp³-hybridized carbons (Fsp3) is 0.500. The first-order valence-electron chi connectivity index (χ1n) is 6.91. The molecule has 0 radical (unpaired) electrons. The number of carboxylic acid groups (broad SMARTS) is 1. The second-order valence-corrected chi connectivity index (χ2v) is 7.24. The Morgan fingerprint density at radius 2 is 1.90 bits per heavy atom. The Balaban J connectivity index is 2.05. The lowest BCUT2D eigenvalue weighted by Gasteiger charge is -2.26. The molecule has 1 aromatic carbocycles. The van der Waals surface area contributed by atoms with Crippen LogP contribution in [0.4, 0.5) is 5.69 Å². The van der Waals surface area contributed by atoms with Gasteiger partial charge < -0.3 is 10.8 Å². The zero-order chi connectivity index (χ0) is 15.6. The predicted octanol–water partition coefficient (Wildman–Crippen LogP) is 1.50. The molecule has 116 valence electrons. The van der Waals surface area contributed by atoms with Crippen molar-refractivity contribution in [3.05, 3.63) is 23.8 Å². The molecule has 1 aromatic rings. The van der Waals surface area contributed by atoms with Crippen LogP contribution in [0.15, 0.2) is 23.1 Å². The van der Waals surface area contributed by atoms with Gasteiger partial charge in [0.25, 0.3) is 0 Å². The predicted molar refractivity (Wildman–Crippen MR) is 79.3 cm³/mol. The molecule has 1 aliphatic carbocycles. The molecule has 1 aliphatic rings. The summed E-state index contributed by atoms with van der Waals surface area (Å²) in [5, 5.41) is 8.94. The molecule has 0 amide bonds. The van der Waals surface area contributed by atoms with Crippen molar-refractivity contribution in [1.82, 2.24) is 4.72 Å². The minimum atomic E-state index is -3.61. The topological polar surface area (TPSA) is 109 Å². The number of aliphatic carboxylic acids is 1.